The predicted molar refractivity (Wildman–Crippen MR) is 101 cm³/mol. The molecule has 114 valence electrons. The van der Waals surface area contributed by atoms with Gasteiger partial charge in [-0.3, -0.25) is 9.59 Å². The maximum absolute atomic E-state index is 12.7. The standard InChI is InChI=1S/C20H8Cl2O2/c21-9-1-3-11-13-7-18-14(8-17(13)19(23)15(11)5-9)12-4-2-10(22)6-16(12)20(18)24/h1-8H. The number of hydrogen-bond acceptors (Lipinski definition) is 2. The van der Waals surface area contributed by atoms with Crippen LogP contribution in [0.15, 0.2) is 58.1 Å². The molecular weight excluding hydrogens is 343 g/mol. The van der Waals surface area contributed by atoms with Gasteiger partial charge in [-0.25, -0.2) is 0 Å². The van der Waals surface area contributed by atoms with E-state index in [1.54, 1.807) is 24.3 Å². The highest BCUT2D eigenvalue weighted by Crippen LogP contribution is 2.33. The molecule has 0 atom stereocenters. The predicted octanol–water partition coefficient (Wildman–Crippen LogP) is 5.20. The Labute approximate surface area is 145 Å². The quantitative estimate of drug-likeness (QED) is 0.384. The molecule has 0 aliphatic heterocycles. The van der Waals surface area contributed by atoms with Gasteiger partial charge in [-0.1, -0.05) is 35.3 Å². The Morgan fingerprint density at radius 2 is 0.833 bits per heavy atom. The Morgan fingerprint density at radius 3 is 1.25 bits per heavy atom. The Bertz CT molecular complexity index is 1300. The SMILES string of the molecule is O=c1c2cc(Cl)ccc2c2cc3c(=O)c4cc(Cl)ccc4c3cc12. The molecule has 0 aromatic heterocycles. The first kappa shape index (κ1) is 14.0. The van der Waals surface area contributed by atoms with Gasteiger partial charge in [0.25, 0.3) is 0 Å². The molecule has 5 aromatic rings. The number of halogens is 2. The van der Waals surface area contributed by atoms with Gasteiger partial charge in [0.15, 0.2) is 10.9 Å². The first-order valence-electron chi connectivity index (χ1n) is 7.42. The van der Waals surface area contributed by atoms with Crippen molar-refractivity contribution < 1.29 is 0 Å². The van der Waals surface area contributed by atoms with Crippen LogP contribution >= 0.6 is 23.2 Å². The smallest absolute Gasteiger partial charge is 0.194 e. The van der Waals surface area contributed by atoms with Crippen molar-refractivity contribution in [2.45, 2.75) is 0 Å². The highest BCUT2D eigenvalue weighted by molar-refractivity contribution is 6.33. The van der Waals surface area contributed by atoms with Gasteiger partial charge in [0.2, 0.25) is 0 Å². The maximum atomic E-state index is 12.7. The van der Waals surface area contributed by atoms with Crippen molar-refractivity contribution in [3.05, 3.63) is 79.0 Å². The average Bonchev–Trinajstić information content (AvgIpc) is 2.99. The molecule has 0 radical (unpaired) electrons. The first-order valence-corrected chi connectivity index (χ1v) is 8.17. The van der Waals surface area contributed by atoms with Gasteiger partial charge in [-0.2, -0.15) is 0 Å². The van der Waals surface area contributed by atoms with Crippen LogP contribution in [0.3, 0.4) is 0 Å². The summed E-state index contributed by atoms with van der Waals surface area (Å²) in [5, 5.41) is 6.68. The van der Waals surface area contributed by atoms with E-state index in [0.29, 0.717) is 31.6 Å². The number of fused-ring (bicyclic) bond motifs is 6. The molecule has 0 amide bonds. The van der Waals surface area contributed by atoms with E-state index in [1.165, 1.54) is 0 Å². The lowest BCUT2D eigenvalue weighted by molar-refractivity contribution is 1.80. The minimum Gasteiger partial charge on any atom is -0.289 e. The van der Waals surface area contributed by atoms with Crippen molar-refractivity contribution in [1.29, 1.82) is 0 Å². The van der Waals surface area contributed by atoms with Crippen molar-refractivity contribution in [2.24, 2.45) is 0 Å². The van der Waals surface area contributed by atoms with Gasteiger partial charge in [0.1, 0.15) is 0 Å². The summed E-state index contributed by atoms with van der Waals surface area (Å²) in [6.07, 6.45) is 0. The molecule has 4 heteroatoms. The van der Waals surface area contributed by atoms with Crippen LogP contribution in [-0.4, -0.2) is 0 Å². The molecule has 24 heavy (non-hydrogen) atoms. The molecule has 0 spiro atoms. The summed E-state index contributed by atoms with van der Waals surface area (Å²) in [6.45, 7) is 0. The topological polar surface area (TPSA) is 34.1 Å². The normalized spacial score (nSPS) is 12.1. The Hall–Kier alpha value is -2.42. The zero-order valence-electron chi connectivity index (χ0n) is 12.2. The molecular formula is C20H8Cl2O2. The van der Waals surface area contributed by atoms with Crippen molar-refractivity contribution in [3.8, 4) is 0 Å². The van der Waals surface area contributed by atoms with E-state index in [-0.39, 0.29) is 10.9 Å². The minimum atomic E-state index is -0.0554. The van der Waals surface area contributed by atoms with Gasteiger partial charge in [-0.05, 0) is 57.9 Å². The largest absolute Gasteiger partial charge is 0.289 e. The fourth-order valence-corrected chi connectivity index (χ4v) is 3.93. The fraction of sp³-hybridized carbons (Fsp3) is 0. The molecule has 5 aromatic carbocycles. The van der Waals surface area contributed by atoms with E-state index in [9.17, 15) is 9.59 Å². The molecule has 0 N–H and O–H groups in total. The van der Waals surface area contributed by atoms with Crippen LogP contribution in [0.2, 0.25) is 10.0 Å². The molecule has 2 nitrogen and oxygen atoms in total. The van der Waals surface area contributed by atoms with Crippen molar-refractivity contribution in [1.82, 2.24) is 0 Å². The summed E-state index contributed by atoms with van der Waals surface area (Å²) in [7, 11) is 0. The second kappa shape index (κ2) is 4.56. The number of hydrogen-bond donors (Lipinski definition) is 0. The minimum absolute atomic E-state index is 0.0554. The van der Waals surface area contributed by atoms with Crippen molar-refractivity contribution in [2.75, 3.05) is 0 Å². The first-order chi connectivity index (χ1) is 11.5. The average molecular weight is 351 g/mol. The summed E-state index contributed by atoms with van der Waals surface area (Å²) in [5.41, 5.74) is -0.111. The van der Waals surface area contributed by atoms with Gasteiger partial charge in [0, 0.05) is 31.6 Å². The van der Waals surface area contributed by atoms with E-state index < -0.39 is 0 Å². The third-order valence-electron chi connectivity index (χ3n) is 4.68. The van der Waals surface area contributed by atoms with Crippen LogP contribution in [0, 0.1) is 0 Å². The van der Waals surface area contributed by atoms with E-state index in [4.69, 9.17) is 23.2 Å². The molecule has 0 fully saturated rings. The van der Waals surface area contributed by atoms with Crippen molar-refractivity contribution in [3.63, 3.8) is 0 Å². The van der Waals surface area contributed by atoms with E-state index in [1.807, 2.05) is 24.3 Å². The van der Waals surface area contributed by atoms with Crippen LogP contribution in [0.1, 0.15) is 0 Å². The van der Waals surface area contributed by atoms with Crippen LogP contribution in [0.25, 0.3) is 43.1 Å². The van der Waals surface area contributed by atoms with Crippen LogP contribution in [0.4, 0.5) is 0 Å². The van der Waals surface area contributed by atoms with E-state index in [2.05, 4.69) is 0 Å². The number of benzene rings is 3. The van der Waals surface area contributed by atoms with Gasteiger partial charge < -0.3 is 0 Å². The monoisotopic (exact) mass is 350 g/mol. The summed E-state index contributed by atoms with van der Waals surface area (Å²) in [6, 6.07) is 14.2. The Kier molecular flexibility index (Phi) is 2.66. The lowest BCUT2D eigenvalue weighted by Gasteiger charge is -1.95. The Balaban J connectivity index is 2.08. The fourth-order valence-electron chi connectivity index (χ4n) is 3.59. The number of rotatable bonds is 0. The summed E-state index contributed by atoms with van der Waals surface area (Å²) < 4.78 is 0. The van der Waals surface area contributed by atoms with Crippen LogP contribution < -0.4 is 10.9 Å². The zero-order chi connectivity index (χ0) is 16.6. The lowest BCUT2D eigenvalue weighted by Crippen LogP contribution is -1.95. The third kappa shape index (κ3) is 1.67. The maximum Gasteiger partial charge on any atom is 0.194 e. The van der Waals surface area contributed by atoms with E-state index in [0.717, 1.165) is 21.5 Å². The van der Waals surface area contributed by atoms with E-state index >= 15 is 0 Å². The second-order valence-corrected chi connectivity index (χ2v) is 6.85. The molecule has 0 heterocycles. The lowest BCUT2D eigenvalue weighted by atomic mass is 10.1. The summed E-state index contributed by atoms with van der Waals surface area (Å²) in [4.78, 5) is 25.4. The van der Waals surface area contributed by atoms with Crippen LogP contribution in [0.5, 0.6) is 0 Å². The highest BCUT2D eigenvalue weighted by Gasteiger charge is 2.16. The molecule has 0 bridgehead atoms. The second-order valence-electron chi connectivity index (χ2n) is 5.98. The van der Waals surface area contributed by atoms with Crippen LogP contribution in [-0.2, 0) is 0 Å². The molecule has 0 aliphatic carbocycles. The summed E-state index contributed by atoms with van der Waals surface area (Å²) in [5.74, 6) is 0. The van der Waals surface area contributed by atoms with Gasteiger partial charge >= 0.3 is 0 Å². The Morgan fingerprint density at radius 1 is 0.458 bits per heavy atom. The van der Waals surface area contributed by atoms with Crippen molar-refractivity contribution >= 4 is 66.3 Å². The molecule has 0 unspecified atom stereocenters. The molecule has 0 saturated carbocycles. The molecule has 5 rings (SSSR count). The molecule has 0 saturated heterocycles. The van der Waals surface area contributed by atoms with Gasteiger partial charge in [0.05, 0.1) is 0 Å². The highest BCUT2D eigenvalue weighted by atomic mass is 35.5. The third-order valence-corrected chi connectivity index (χ3v) is 5.15. The zero-order valence-corrected chi connectivity index (χ0v) is 13.7. The summed E-state index contributed by atoms with van der Waals surface area (Å²) >= 11 is 12.0. The molecule has 0 aliphatic rings. The van der Waals surface area contributed by atoms with Gasteiger partial charge in [-0.15, -0.1) is 0 Å².